The van der Waals surface area contributed by atoms with Crippen LogP contribution in [0.25, 0.3) is 0 Å². The minimum absolute atomic E-state index is 0.00155. The van der Waals surface area contributed by atoms with E-state index in [4.69, 9.17) is 9.84 Å². The third kappa shape index (κ3) is 5.58. The van der Waals surface area contributed by atoms with E-state index in [2.05, 4.69) is 4.72 Å². The van der Waals surface area contributed by atoms with Crippen LogP contribution in [0.15, 0.2) is 16.3 Å². The quantitative estimate of drug-likeness (QED) is 0.678. The lowest BCUT2D eigenvalue weighted by Crippen LogP contribution is -2.24. The third-order valence-corrected chi connectivity index (χ3v) is 4.92. The molecule has 0 aliphatic carbocycles. The molecule has 0 amide bonds. The van der Waals surface area contributed by atoms with Crippen LogP contribution < -0.4 is 4.72 Å². The first-order valence-corrected chi connectivity index (χ1v) is 8.62. The number of sulfonamides is 1. The summed E-state index contributed by atoms with van der Waals surface area (Å²) in [5, 5.41) is 10.1. The Morgan fingerprint density at radius 2 is 2.15 bits per heavy atom. The molecule has 0 fully saturated rings. The van der Waals surface area contributed by atoms with Gasteiger partial charge >= 0.3 is 5.97 Å². The molecule has 0 atom stereocenters. The molecule has 0 aromatic carbocycles. The van der Waals surface area contributed by atoms with Gasteiger partial charge in [0.15, 0.2) is 0 Å². The normalized spacial score (nSPS) is 11.9. The number of rotatable bonds is 9. The lowest BCUT2D eigenvalue weighted by molar-refractivity contribution is 0.0701. The zero-order chi connectivity index (χ0) is 15.2. The summed E-state index contributed by atoms with van der Waals surface area (Å²) in [6.45, 7) is 4.79. The van der Waals surface area contributed by atoms with E-state index in [1.807, 2.05) is 13.8 Å². The first-order valence-electron chi connectivity index (χ1n) is 6.26. The highest BCUT2D eigenvalue weighted by Crippen LogP contribution is 2.19. The summed E-state index contributed by atoms with van der Waals surface area (Å²) in [5.41, 5.74) is 0. The number of carboxylic acid groups (broad SMARTS) is 1. The van der Waals surface area contributed by atoms with Crippen LogP contribution in [0.1, 0.15) is 36.4 Å². The van der Waals surface area contributed by atoms with E-state index in [-0.39, 0.29) is 15.9 Å². The van der Waals surface area contributed by atoms with Crippen molar-refractivity contribution < 1.29 is 23.1 Å². The van der Waals surface area contributed by atoms with Gasteiger partial charge in [0.25, 0.3) is 0 Å². The van der Waals surface area contributed by atoms with Crippen LogP contribution in [0.5, 0.6) is 0 Å². The number of ether oxygens (including phenoxy) is 1. The van der Waals surface area contributed by atoms with E-state index in [9.17, 15) is 13.2 Å². The predicted molar refractivity (Wildman–Crippen MR) is 76.8 cm³/mol. The van der Waals surface area contributed by atoms with Crippen LogP contribution in [0.4, 0.5) is 0 Å². The van der Waals surface area contributed by atoms with Crippen molar-refractivity contribution in [1.82, 2.24) is 4.72 Å². The number of hydrogen-bond donors (Lipinski definition) is 2. The second-order valence-electron chi connectivity index (χ2n) is 4.48. The summed E-state index contributed by atoms with van der Waals surface area (Å²) >= 11 is 0.896. The van der Waals surface area contributed by atoms with Gasteiger partial charge in [-0.2, -0.15) is 0 Å². The van der Waals surface area contributed by atoms with Crippen LogP contribution in [-0.2, 0) is 14.8 Å². The highest BCUT2D eigenvalue weighted by Gasteiger charge is 2.17. The van der Waals surface area contributed by atoms with Crippen LogP contribution in [0, 0.1) is 0 Å². The van der Waals surface area contributed by atoms with Crippen molar-refractivity contribution >= 4 is 27.3 Å². The van der Waals surface area contributed by atoms with Crippen molar-refractivity contribution in [2.45, 2.75) is 37.7 Å². The van der Waals surface area contributed by atoms with Crippen molar-refractivity contribution in [3.8, 4) is 0 Å². The Balaban J connectivity index is 2.39. The van der Waals surface area contributed by atoms with Crippen molar-refractivity contribution in [3.63, 3.8) is 0 Å². The van der Waals surface area contributed by atoms with Gasteiger partial charge in [-0.1, -0.05) is 0 Å². The van der Waals surface area contributed by atoms with Crippen molar-refractivity contribution in [2.75, 3.05) is 13.2 Å². The van der Waals surface area contributed by atoms with Gasteiger partial charge < -0.3 is 9.84 Å². The van der Waals surface area contributed by atoms with Gasteiger partial charge in [0, 0.05) is 18.5 Å². The number of carbonyl (C=O) groups is 1. The van der Waals surface area contributed by atoms with E-state index in [0.29, 0.717) is 19.6 Å². The Hall–Kier alpha value is -0.960. The molecular formula is C12H19NO5S2. The van der Waals surface area contributed by atoms with Gasteiger partial charge in [0.2, 0.25) is 10.0 Å². The molecule has 0 radical (unpaired) electrons. The number of nitrogens with one attached hydrogen (secondary N) is 1. The summed E-state index contributed by atoms with van der Waals surface area (Å²) in [5.74, 6) is -1.12. The van der Waals surface area contributed by atoms with Gasteiger partial charge in [-0.15, -0.1) is 11.3 Å². The third-order valence-electron chi connectivity index (χ3n) is 2.41. The van der Waals surface area contributed by atoms with Crippen LogP contribution in [0.3, 0.4) is 0 Å². The summed E-state index contributed by atoms with van der Waals surface area (Å²) in [7, 11) is -3.62. The molecular weight excluding hydrogens is 302 g/mol. The highest BCUT2D eigenvalue weighted by molar-refractivity contribution is 7.89. The van der Waals surface area contributed by atoms with Gasteiger partial charge in [0.05, 0.1) is 11.0 Å². The smallest absolute Gasteiger partial charge is 0.345 e. The average molecular weight is 321 g/mol. The van der Waals surface area contributed by atoms with Crippen LogP contribution in [0.2, 0.25) is 0 Å². The molecule has 0 saturated heterocycles. The maximum absolute atomic E-state index is 11.9. The van der Waals surface area contributed by atoms with Gasteiger partial charge in [-0.25, -0.2) is 17.9 Å². The van der Waals surface area contributed by atoms with E-state index in [1.165, 1.54) is 5.38 Å². The SMILES string of the molecule is CC(C)OCCCCNS(=O)(=O)c1csc(C(=O)O)c1. The van der Waals surface area contributed by atoms with Crippen molar-refractivity contribution in [1.29, 1.82) is 0 Å². The lowest BCUT2D eigenvalue weighted by atomic mass is 10.3. The monoisotopic (exact) mass is 321 g/mol. The van der Waals surface area contributed by atoms with Crippen molar-refractivity contribution in [3.05, 3.63) is 16.3 Å². The average Bonchev–Trinajstić information content (AvgIpc) is 2.83. The summed E-state index contributed by atoms with van der Waals surface area (Å²) < 4.78 is 31.6. The molecule has 0 unspecified atom stereocenters. The predicted octanol–water partition coefficient (Wildman–Crippen LogP) is 1.93. The van der Waals surface area contributed by atoms with Gasteiger partial charge in [0.1, 0.15) is 4.88 Å². The van der Waals surface area contributed by atoms with Crippen LogP contribution in [-0.4, -0.2) is 38.7 Å². The molecule has 20 heavy (non-hydrogen) atoms. The molecule has 0 saturated carbocycles. The molecule has 1 heterocycles. The highest BCUT2D eigenvalue weighted by atomic mass is 32.2. The summed E-state index contributed by atoms with van der Waals surface area (Å²) in [4.78, 5) is 10.7. The zero-order valence-electron chi connectivity index (χ0n) is 11.5. The molecule has 0 spiro atoms. The number of unbranched alkanes of at least 4 members (excludes halogenated alkanes) is 1. The number of carboxylic acids is 1. The second-order valence-corrected chi connectivity index (χ2v) is 7.15. The van der Waals surface area contributed by atoms with E-state index >= 15 is 0 Å². The first kappa shape index (κ1) is 17.1. The minimum Gasteiger partial charge on any atom is -0.477 e. The van der Waals surface area contributed by atoms with Crippen LogP contribution >= 0.6 is 11.3 Å². The topological polar surface area (TPSA) is 92.7 Å². The Labute approximate surface area is 122 Å². The molecule has 1 rings (SSSR count). The fourth-order valence-electron chi connectivity index (χ4n) is 1.41. The molecule has 8 heteroatoms. The molecule has 2 N–H and O–H groups in total. The van der Waals surface area contributed by atoms with Gasteiger partial charge in [-0.05, 0) is 32.8 Å². The van der Waals surface area contributed by atoms with Gasteiger partial charge in [-0.3, -0.25) is 0 Å². The van der Waals surface area contributed by atoms with E-state index in [0.717, 1.165) is 23.8 Å². The number of hydrogen-bond acceptors (Lipinski definition) is 5. The van der Waals surface area contributed by atoms with Crippen molar-refractivity contribution in [2.24, 2.45) is 0 Å². The second kappa shape index (κ2) is 7.72. The maximum Gasteiger partial charge on any atom is 0.345 e. The summed E-state index contributed by atoms with van der Waals surface area (Å²) in [6.07, 6.45) is 1.61. The number of aromatic carboxylic acids is 1. The Bertz CT molecular complexity index is 536. The maximum atomic E-state index is 11.9. The first-order chi connectivity index (χ1) is 9.33. The molecule has 0 bridgehead atoms. The molecule has 6 nitrogen and oxygen atoms in total. The summed E-state index contributed by atoms with van der Waals surface area (Å²) in [6, 6.07) is 1.16. The largest absolute Gasteiger partial charge is 0.477 e. The molecule has 114 valence electrons. The Kier molecular flexibility index (Phi) is 6.60. The molecule has 1 aromatic heterocycles. The van der Waals surface area contributed by atoms with E-state index in [1.54, 1.807) is 0 Å². The lowest BCUT2D eigenvalue weighted by Gasteiger charge is -2.07. The fourth-order valence-corrected chi connectivity index (χ4v) is 3.59. The number of thiophene rings is 1. The van der Waals surface area contributed by atoms with E-state index < -0.39 is 16.0 Å². The molecule has 0 aliphatic rings. The Morgan fingerprint density at radius 3 is 2.70 bits per heavy atom. The molecule has 1 aromatic rings. The fraction of sp³-hybridized carbons (Fsp3) is 0.583. The standard InChI is InChI=1S/C12H19NO5S2/c1-9(2)18-6-4-3-5-13-20(16,17)10-7-11(12(14)15)19-8-10/h7-9,13H,3-6H2,1-2H3,(H,14,15). The minimum atomic E-state index is -3.62. The zero-order valence-corrected chi connectivity index (χ0v) is 13.1. The molecule has 0 aliphatic heterocycles. The Morgan fingerprint density at radius 1 is 1.45 bits per heavy atom.